The van der Waals surface area contributed by atoms with Crippen molar-refractivity contribution >= 4 is 11.5 Å². The van der Waals surface area contributed by atoms with Crippen LogP contribution in [0.4, 0.5) is 5.69 Å². The molecule has 3 nitrogen and oxygen atoms in total. The number of nitrogen functional groups attached to an aromatic ring is 1. The molecular formula is C15H19NO2. The lowest BCUT2D eigenvalue weighted by molar-refractivity contribution is 0.0682. The second-order valence-corrected chi connectivity index (χ2v) is 6.00. The molecule has 1 aliphatic heterocycles. The lowest BCUT2D eigenvalue weighted by Gasteiger charge is -2.17. The third-order valence-corrected chi connectivity index (χ3v) is 4.21. The Bertz CT molecular complexity index is 569. The first-order valence-electron chi connectivity index (χ1n) is 6.51. The van der Waals surface area contributed by atoms with E-state index in [1.54, 1.807) is 0 Å². The summed E-state index contributed by atoms with van der Waals surface area (Å²) in [6.45, 7) is 7.65. The summed E-state index contributed by atoms with van der Waals surface area (Å²) in [6, 6.07) is 0. The molecule has 0 radical (unpaired) electrons. The second-order valence-electron chi connectivity index (χ2n) is 6.00. The molecule has 0 spiro atoms. The van der Waals surface area contributed by atoms with E-state index in [1.807, 2.05) is 27.7 Å². The molecule has 1 saturated carbocycles. The van der Waals surface area contributed by atoms with Crippen molar-refractivity contribution < 1.29 is 9.53 Å². The van der Waals surface area contributed by atoms with Crippen LogP contribution in [0.5, 0.6) is 5.75 Å². The molecule has 1 aromatic carbocycles. The largest absolute Gasteiger partial charge is 0.479 e. The maximum Gasteiger partial charge on any atom is 0.209 e. The molecule has 0 amide bonds. The zero-order valence-electron chi connectivity index (χ0n) is 11.4. The van der Waals surface area contributed by atoms with Crippen molar-refractivity contribution in [2.24, 2.45) is 0 Å². The number of ketones is 1. The molecule has 2 N–H and O–H groups in total. The average Bonchev–Trinajstić information content (AvgIpc) is 3.09. The van der Waals surface area contributed by atoms with Crippen molar-refractivity contribution in [1.82, 2.24) is 0 Å². The summed E-state index contributed by atoms with van der Waals surface area (Å²) in [7, 11) is 0. The van der Waals surface area contributed by atoms with Crippen molar-refractivity contribution in [3.8, 4) is 5.75 Å². The van der Waals surface area contributed by atoms with Crippen LogP contribution >= 0.6 is 0 Å². The maximum absolute atomic E-state index is 12.5. The van der Waals surface area contributed by atoms with Crippen LogP contribution in [0.1, 0.15) is 59.7 Å². The zero-order chi connectivity index (χ0) is 13.2. The molecule has 3 rings (SSSR count). The van der Waals surface area contributed by atoms with E-state index in [0.717, 1.165) is 46.5 Å². The normalized spacial score (nSPS) is 20.8. The van der Waals surface area contributed by atoms with Gasteiger partial charge in [-0.15, -0.1) is 0 Å². The summed E-state index contributed by atoms with van der Waals surface area (Å²) in [5.74, 6) is 1.30. The van der Waals surface area contributed by atoms with E-state index in [1.165, 1.54) is 0 Å². The number of hydrogen-bond acceptors (Lipinski definition) is 3. The average molecular weight is 245 g/mol. The lowest BCUT2D eigenvalue weighted by Crippen LogP contribution is -2.32. The predicted octanol–water partition coefficient (Wildman–Crippen LogP) is 3.12. The monoisotopic (exact) mass is 245 g/mol. The molecule has 0 unspecified atom stereocenters. The maximum atomic E-state index is 12.5. The Morgan fingerprint density at radius 3 is 2.39 bits per heavy atom. The van der Waals surface area contributed by atoms with E-state index in [4.69, 9.17) is 10.5 Å². The van der Waals surface area contributed by atoms with E-state index < -0.39 is 5.60 Å². The molecule has 0 atom stereocenters. The standard InChI is InChI=1S/C15H19NO2/c1-7-8(2)13-11(14(17)15(3,4)18-13)10(12(7)16)9-5-6-9/h9H,5-6,16H2,1-4H3. The number of Topliss-reactive ketones (excluding diaryl/α,β-unsaturated/α-hetero) is 1. The molecule has 3 heteroatoms. The van der Waals surface area contributed by atoms with Crippen LogP contribution in [-0.2, 0) is 0 Å². The minimum atomic E-state index is -0.753. The van der Waals surface area contributed by atoms with Crippen LogP contribution in [0.15, 0.2) is 0 Å². The topological polar surface area (TPSA) is 52.3 Å². The molecular weight excluding hydrogens is 226 g/mol. The highest BCUT2D eigenvalue weighted by Crippen LogP contribution is 2.52. The number of nitrogens with two attached hydrogens (primary N) is 1. The highest BCUT2D eigenvalue weighted by molar-refractivity contribution is 6.10. The fourth-order valence-electron chi connectivity index (χ4n) is 2.77. The van der Waals surface area contributed by atoms with Gasteiger partial charge in [0.2, 0.25) is 5.78 Å². The predicted molar refractivity (Wildman–Crippen MR) is 71.3 cm³/mol. The van der Waals surface area contributed by atoms with Gasteiger partial charge in [0.1, 0.15) is 5.75 Å². The Balaban J connectivity index is 2.34. The van der Waals surface area contributed by atoms with Gasteiger partial charge in [0.25, 0.3) is 0 Å². The minimum absolute atomic E-state index is 0.0780. The fraction of sp³-hybridized carbons (Fsp3) is 0.533. The summed E-state index contributed by atoms with van der Waals surface area (Å²) in [5, 5.41) is 0. The first-order chi connectivity index (χ1) is 8.34. The Labute approximate surface area is 107 Å². The minimum Gasteiger partial charge on any atom is -0.479 e. The summed E-state index contributed by atoms with van der Waals surface area (Å²) in [5.41, 5.74) is 10.1. The van der Waals surface area contributed by atoms with Crippen molar-refractivity contribution in [2.45, 2.75) is 52.1 Å². The first-order valence-corrected chi connectivity index (χ1v) is 6.51. The van der Waals surface area contributed by atoms with Crippen LogP contribution in [0.2, 0.25) is 0 Å². The van der Waals surface area contributed by atoms with E-state index in [2.05, 4.69) is 0 Å². The van der Waals surface area contributed by atoms with Gasteiger partial charge in [-0.3, -0.25) is 4.79 Å². The van der Waals surface area contributed by atoms with Crippen LogP contribution in [0.25, 0.3) is 0 Å². The van der Waals surface area contributed by atoms with Gasteiger partial charge in [-0.1, -0.05) is 0 Å². The first kappa shape index (κ1) is 11.6. The van der Waals surface area contributed by atoms with E-state index in [-0.39, 0.29) is 5.78 Å². The number of ether oxygens (including phenoxy) is 1. The van der Waals surface area contributed by atoms with Gasteiger partial charge in [-0.2, -0.15) is 0 Å². The van der Waals surface area contributed by atoms with Crippen LogP contribution in [0.3, 0.4) is 0 Å². The molecule has 1 aliphatic carbocycles. The number of hydrogen-bond donors (Lipinski definition) is 1. The quantitative estimate of drug-likeness (QED) is 0.773. The van der Waals surface area contributed by atoms with E-state index >= 15 is 0 Å². The Morgan fingerprint density at radius 1 is 1.22 bits per heavy atom. The number of carbonyl (C=O) groups excluding carboxylic acids is 1. The van der Waals surface area contributed by atoms with Gasteiger partial charge in [0.15, 0.2) is 5.60 Å². The molecule has 96 valence electrons. The van der Waals surface area contributed by atoms with Gasteiger partial charge in [0, 0.05) is 5.69 Å². The number of anilines is 1. The van der Waals surface area contributed by atoms with Crippen LogP contribution in [-0.4, -0.2) is 11.4 Å². The highest BCUT2D eigenvalue weighted by atomic mass is 16.5. The van der Waals surface area contributed by atoms with Crippen LogP contribution < -0.4 is 10.5 Å². The van der Waals surface area contributed by atoms with E-state index in [9.17, 15) is 4.79 Å². The van der Waals surface area contributed by atoms with Crippen molar-refractivity contribution in [3.05, 3.63) is 22.3 Å². The molecule has 1 fully saturated rings. The third-order valence-electron chi connectivity index (χ3n) is 4.21. The van der Waals surface area contributed by atoms with Gasteiger partial charge >= 0.3 is 0 Å². The zero-order valence-corrected chi connectivity index (χ0v) is 11.4. The van der Waals surface area contributed by atoms with Gasteiger partial charge < -0.3 is 10.5 Å². The molecule has 0 bridgehead atoms. The Kier molecular flexibility index (Phi) is 2.11. The molecule has 1 heterocycles. The number of benzene rings is 1. The van der Waals surface area contributed by atoms with Crippen molar-refractivity contribution in [3.63, 3.8) is 0 Å². The Hall–Kier alpha value is -1.51. The number of carbonyl (C=O) groups is 1. The smallest absolute Gasteiger partial charge is 0.209 e. The number of fused-ring (bicyclic) bond motifs is 1. The highest BCUT2D eigenvalue weighted by Gasteiger charge is 2.45. The second kappa shape index (κ2) is 3.28. The Morgan fingerprint density at radius 2 is 1.83 bits per heavy atom. The SMILES string of the molecule is Cc1c(C)c2c(c(C3CC3)c1N)C(=O)C(C)(C)O2. The summed E-state index contributed by atoms with van der Waals surface area (Å²) in [4.78, 5) is 12.5. The van der Waals surface area contributed by atoms with Crippen molar-refractivity contribution in [1.29, 1.82) is 0 Å². The summed E-state index contributed by atoms with van der Waals surface area (Å²) < 4.78 is 5.89. The molecule has 1 aromatic rings. The molecule has 0 saturated heterocycles. The van der Waals surface area contributed by atoms with Gasteiger partial charge in [-0.25, -0.2) is 0 Å². The summed E-state index contributed by atoms with van der Waals surface area (Å²) in [6.07, 6.45) is 2.26. The molecule has 0 aromatic heterocycles. The fourth-order valence-corrected chi connectivity index (χ4v) is 2.77. The van der Waals surface area contributed by atoms with Crippen molar-refractivity contribution in [2.75, 3.05) is 5.73 Å². The third kappa shape index (κ3) is 1.33. The summed E-state index contributed by atoms with van der Waals surface area (Å²) >= 11 is 0. The lowest BCUT2D eigenvalue weighted by atomic mass is 9.89. The molecule has 2 aliphatic rings. The van der Waals surface area contributed by atoms with E-state index in [0.29, 0.717) is 5.92 Å². The van der Waals surface area contributed by atoms with Gasteiger partial charge in [-0.05, 0) is 63.1 Å². The molecule has 18 heavy (non-hydrogen) atoms. The number of rotatable bonds is 1. The van der Waals surface area contributed by atoms with Crippen LogP contribution in [0, 0.1) is 13.8 Å². The van der Waals surface area contributed by atoms with Gasteiger partial charge in [0.05, 0.1) is 5.56 Å².